The summed E-state index contributed by atoms with van der Waals surface area (Å²) in [4.78, 5) is 19.8. The Morgan fingerprint density at radius 1 is 1.23 bits per heavy atom. The van der Waals surface area contributed by atoms with Gasteiger partial charge in [0.05, 0.1) is 22.9 Å². The first kappa shape index (κ1) is 17.2. The molecule has 26 heavy (non-hydrogen) atoms. The second-order valence-corrected chi connectivity index (χ2v) is 7.84. The van der Waals surface area contributed by atoms with Crippen LogP contribution in [-0.4, -0.2) is 30.1 Å². The summed E-state index contributed by atoms with van der Waals surface area (Å²) in [5.41, 5.74) is 3.93. The lowest BCUT2D eigenvalue weighted by Crippen LogP contribution is -2.37. The van der Waals surface area contributed by atoms with Crippen molar-refractivity contribution in [2.45, 2.75) is 32.8 Å². The third kappa shape index (κ3) is 3.37. The van der Waals surface area contributed by atoms with E-state index in [4.69, 9.17) is 9.72 Å². The van der Waals surface area contributed by atoms with Gasteiger partial charge in [0, 0.05) is 12.2 Å². The summed E-state index contributed by atoms with van der Waals surface area (Å²) >= 11 is 1.57. The molecule has 4 nitrogen and oxygen atoms in total. The summed E-state index contributed by atoms with van der Waals surface area (Å²) in [6.07, 6.45) is 2.12. The molecule has 0 spiro atoms. The fourth-order valence-corrected chi connectivity index (χ4v) is 4.33. The highest BCUT2D eigenvalue weighted by atomic mass is 32.1. The van der Waals surface area contributed by atoms with E-state index in [1.807, 2.05) is 37.3 Å². The fraction of sp³-hybridized carbons (Fsp3) is 0.333. The predicted octanol–water partition coefficient (Wildman–Crippen LogP) is 4.74. The van der Waals surface area contributed by atoms with Crippen molar-refractivity contribution in [3.05, 3.63) is 59.2 Å². The molecule has 2 aromatic carbocycles. The smallest absolute Gasteiger partial charge is 0.260 e. The molecule has 3 aromatic rings. The summed E-state index contributed by atoms with van der Waals surface area (Å²) in [6.45, 7) is 5.40. The number of para-hydroxylation sites is 1. The van der Waals surface area contributed by atoms with Crippen LogP contribution in [0.15, 0.2) is 42.5 Å². The average molecular weight is 366 g/mol. The van der Waals surface area contributed by atoms with E-state index in [1.54, 1.807) is 16.2 Å². The highest BCUT2D eigenvalue weighted by Crippen LogP contribution is 2.32. The van der Waals surface area contributed by atoms with Crippen LogP contribution in [0.2, 0.25) is 0 Å². The van der Waals surface area contributed by atoms with Crippen LogP contribution in [0, 0.1) is 13.8 Å². The van der Waals surface area contributed by atoms with Crippen LogP contribution in [0.3, 0.4) is 0 Å². The quantitative estimate of drug-likeness (QED) is 0.670. The minimum atomic E-state index is -0.0165. The van der Waals surface area contributed by atoms with Crippen LogP contribution in [-0.2, 0) is 4.74 Å². The van der Waals surface area contributed by atoms with Gasteiger partial charge in [-0.15, -0.1) is 0 Å². The highest BCUT2D eigenvalue weighted by molar-refractivity contribution is 7.22. The zero-order valence-corrected chi connectivity index (χ0v) is 15.9. The van der Waals surface area contributed by atoms with Gasteiger partial charge in [0.15, 0.2) is 5.13 Å². The van der Waals surface area contributed by atoms with Crippen molar-refractivity contribution >= 4 is 32.6 Å². The van der Waals surface area contributed by atoms with Gasteiger partial charge in [0.25, 0.3) is 5.91 Å². The number of thiazole rings is 1. The number of nitrogens with zero attached hydrogens (tertiary/aromatic N) is 2. The van der Waals surface area contributed by atoms with Gasteiger partial charge in [-0.2, -0.15) is 0 Å². The fourth-order valence-electron chi connectivity index (χ4n) is 3.28. The summed E-state index contributed by atoms with van der Waals surface area (Å²) in [6, 6.07) is 13.9. The molecular formula is C21H22N2O2S. The lowest BCUT2D eigenvalue weighted by Gasteiger charge is -2.23. The third-order valence-electron chi connectivity index (χ3n) is 4.79. The maximum Gasteiger partial charge on any atom is 0.260 e. The average Bonchev–Trinajstić information content (AvgIpc) is 3.30. The number of aryl methyl sites for hydroxylation is 2. The highest BCUT2D eigenvalue weighted by Gasteiger charge is 2.27. The van der Waals surface area contributed by atoms with Crippen LogP contribution < -0.4 is 4.90 Å². The molecule has 0 bridgehead atoms. The Balaban J connectivity index is 1.72. The Hall–Kier alpha value is -2.24. The molecular weight excluding hydrogens is 344 g/mol. The second-order valence-electron chi connectivity index (χ2n) is 6.83. The van der Waals surface area contributed by atoms with Crippen molar-refractivity contribution in [2.24, 2.45) is 0 Å². The normalized spacial score (nSPS) is 16.9. The SMILES string of the molecule is Cc1ccc(C(=O)N(CC2CCCO2)c2nc3c(C)cccc3s2)cc1. The van der Waals surface area contributed by atoms with E-state index in [-0.39, 0.29) is 12.0 Å². The zero-order chi connectivity index (χ0) is 18.1. The molecule has 134 valence electrons. The van der Waals surface area contributed by atoms with E-state index in [9.17, 15) is 4.79 Å². The standard InChI is InChI=1S/C21H22N2O2S/c1-14-8-10-16(11-9-14)20(24)23(13-17-6-4-12-25-17)21-22-19-15(2)5-3-7-18(19)26-21/h3,5,7-11,17H,4,6,12-13H2,1-2H3. The van der Waals surface area contributed by atoms with E-state index in [0.717, 1.165) is 45.9 Å². The van der Waals surface area contributed by atoms with Gasteiger partial charge < -0.3 is 4.74 Å². The number of ether oxygens (including phenoxy) is 1. The molecule has 1 amide bonds. The van der Waals surface area contributed by atoms with Gasteiger partial charge in [-0.25, -0.2) is 4.98 Å². The van der Waals surface area contributed by atoms with Gasteiger partial charge in [0.2, 0.25) is 0 Å². The van der Waals surface area contributed by atoms with Crippen molar-refractivity contribution in [1.29, 1.82) is 0 Å². The first-order valence-corrected chi connectivity index (χ1v) is 9.80. The zero-order valence-electron chi connectivity index (χ0n) is 15.1. The van der Waals surface area contributed by atoms with Crippen LogP contribution in [0.1, 0.15) is 34.3 Å². The number of aromatic nitrogens is 1. The number of anilines is 1. The van der Waals surface area contributed by atoms with Crippen molar-refractivity contribution in [1.82, 2.24) is 4.98 Å². The number of carbonyl (C=O) groups is 1. The Bertz CT molecular complexity index is 927. The lowest BCUT2D eigenvalue weighted by molar-refractivity contribution is 0.0917. The molecule has 0 saturated carbocycles. The lowest BCUT2D eigenvalue weighted by atomic mass is 10.1. The molecule has 5 heteroatoms. The molecule has 2 heterocycles. The molecule has 1 aromatic heterocycles. The van der Waals surface area contributed by atoms with E-state index in [0.29, 0.717) is 12.1 Å². The number of hydrogen-bond acceptors (Lipinski definition) is 4. The molecule has 0 N–H and O–H groups in total. The Kier molecular flexibility index (Phi) is 4.74. The molecule has 1 saturated heterocycles. The van der Waals surface area contributed by atoms with E-state index < -0.39 is 0 Å². The van der Waals surface area contributed by atoms with E-state index in [1.165, 1.54) is 0 Å². The van der Waals surface area contributed by atoms with Crippen LogP contribution in [0.5, 0.6) is 0 Å². The Morgan fingerprint density at radius 2 is 2.04 bits per heavy atom. The number of carbonyl (C=O) groups excluding carboxylic acids is 1. The van der Waals surface area contributed by atoms with Crippen LogP contribution in [0.4, 0.5) is 5.13 Å². The number of amides is 1. The summed E-state index contributed by atoms with van der Waals surface area (Å²) in [5, 5.41) is 0.746. The van der Waals surface area contributed by atoms with E-state index in [2.05, 4.69) is 19.1 Å². The van der Waals surface area contributed by atoms with Gasteiger partial charge in [-0.3, -0.25) is 9.69 Å². The molecule has 1 aliphatic heterocycles. The first-order chi connectivity index (χ1) is 12.6. The molecule has 1 atom stereocenters. The largest absolute Gasteiger partial charge is 0.376 e. The molecule has 0 aliphatic carbocycles. The maximum absolute atomic E-state index is 13.2. The van der Waals surface area contributed by atoms with E-state index >= 15 is 0 Å². The molecule has 4 rings (SSSR count). The number of benzene rings is 2. The Labute approximate surface area is 157 Å². The van der Waals surface area contributed by atoms with Gasteiger partial charge in [0.1, 0.15) is 0 Å². The van der Waals surface area contributed by atoms with Crippen molar-refractivity contribution < 1.29 is 9.53 Å². The molecule has 1 aliphatic rings. The minimum absolute atomic E-state index is 0.0165. The molecule has 1 unspecified atom stereocenters. The number of fused-ring (bicyclic) bond motifs is 1. The summed E-state index contributed by atoms with van der Waals surface area (Å²) in [5.74, 6) is -0.0165. The summed E-state index contributed by atoms with van der Waals surface area (Å²) in [7, 11) is 0. The maximum atomic E-state index is 13.2. The molecule has 0 radical (unpaired) electrons. The second kappa shape index (κ2) is 7.17. The third-order valence-corrected chi connectivity index (χ3v) is 5.84. The first-order valence-electron chi connectivity index (χ1n) is 8.98. The predicted molar refractivity (Wildman–Crippen MR) is 106 cm³/mol. The van der Waals surface area contributed by atoms with Crippen molar-refractivity contribution in [3.8, 4) is 0 Å². The minimum Gasteiger partial charge on any atom is -0.376 e. The topological polar surface area (TPSA) is 42.4 Å². The van der Waals surface area contributed by atoms with Crippen molar-refractivity contribution in [2.75, 3.05) is 18.1 Å². The summed E-state index contributed by atoms with van der Waals surface area (Å²) < 4.78 is 6.90. The Morgan fingerprint density at radius 3 is 2.73 bits per heavy atom. The van der Waals surface area contributed by atoms with Crippen molar-refractivity contribution in [3.63, 3.8) is 0 Å². The molecule has 1 fully saturated rings. The number of rotatable bonds is 4. The van der Waals surface area contributed by atoms with Crippen LogP contribution in [0.25, 0.3) is 10.2 Å². The van der Waals surface area contributed by atoms with Gasteiger partial charge in [-0.1, -0.05) is 41.2 Å². The monoisotopic (exact) mass is 366 g/mol. The van der Waals surface area contributed by atoms with Gasteiger partial charge in [-0.05, 0) is 50.5 Å². The van der Waals surface area contributed by atoms with Gasteiger partial charge >= 0.3 is 0 Å². The number of hydrogen-bond donors (Lipinski definition) is 0. The van der Waals surface area contributed by atoms with Crippen LogP contribution >= 0.6 is 11.3 Å².